The van der Waals surface area contributed by atoms with E-state index < -0.39 is 11.5 Å². The summed E-state index contributed by atoms with van der Waals surface area (Å²) in [5, 5.41) is 2.78. The first-order chi connectivity index (χ1) is 12.3. The molecule has 0 spiro atoms. The summed E-state index contributed by atoms with van der Waals surface area (Å²) in [6, 6.07) is 10.8. The van der Waals surface area contributed by atoms with Gasteiger partial charge in [0.2, 0.25) is 0 Å². The van der Waals surface area contributed by atoms with E-state index in [9.17, 15) is 9.59 Å². The molecule has 3 aromatic rings. The van der Waals surface area contributed by atoms with E-state index in [1.807, 2.05) is 18.2 Å². The number of aromatic nitrogens is 2. The third-order valence-corrected chi connectivity index (χ3v) is 4.17. The van der Waals surface area contributed by atoms with Gasteiger partial charge in [-0.1, -0.05) is 32.9 Å². The number of ether oxygens (including phenoxy) is 1. The fraction of sp³-hybridized carbons (Fsp3) is 0.250. The zero-order valence-electron chi connectivity index (χ0n) is 15.2. The lowest BCUT2D eigenvalue weighted by Crippen LogP contribution is -2.26. The van der Waals surface area contributed by atoms with Gasteiger partial charge in [0.15, 0.2) is 0 Å². The molecule has 2 aromatic heterocycles. The summed E-state index contributed by atoms with van der Waals surface area (Å²) in [5.41, 5.74) is 1.51. The quantitative estimate of drug-likeness (QED) is 0.786. The molecule has 0 aliphatic carbocycles. The van der Waals surface area contributed by atoms with Crippen LogP contribution in [0, 0.1) is 0 Å². The van der Waals surface area contributed by atoms with Gasteiger partial charge >= 0.3 is 0 Å². The number of anilines is 1. The van der Waals surface area contributed by atoms with Crippen LogP contribution in [0.2, 0.25) is 0 Å². The monoisotopic (exact) mass is 351 g/mol. The van der Waals surface area contributed by atoms with E-state index >= 15 is 0 Å². The largest absolute Gasteiger partial charge is 0.495 e. The average molecular weight is 351 g/mol. The van der Waals surface area contributed by atoms with Gasteiger partial charge in [-0.05, 0) is 35.2 Å². The van der Waals surface area contributed by atoms with Gasteiger partial charge in [-0.3, -0.25) is 14.0 Å². The first kappa shape index (κ1) is 17.7. The number of methoxy groups -OCH3 is 1. The minimum Gasteiger partial charge on any atom is -0.495 e. The maximum Gasteiger partial charge on any atom is 0.270 e. The molecule has 0 fully saturated rings. The van der Waals surface area contributed by atoms with Crippen molar-refractivity contribution in [1.29, 1.82) is 0 Å². The summed E-state index contributed by atoms with van der Waals surface area (Å²) in [6.45, 7) is 6.25. The highest BCUT2D eigenvalue weighted by Gasteiger charge is 2.19. The molecule has 0 radical (unpaired) electrons. The van der Waals surface area contributed by atoms with Crippen molar-refractivity contribution < 1.29 is 9.53 Å². The number of benzene rings is 1. The van der Waals surface area contributed by atoms with Crippen LogP contribution in [-0.2, 0) is 5.41 Å². The summed E-state index contributed by atoms with van der Waals surface area (Å²) < 4.78 is 6.68. The molecule has 0 unspecified atom stereocenters. The maximum atomic E-state index is 12.7. The van der Waals surface area contributed by atoms with Gasteiger partial charge in [0, 0.05) is 12.4 Å². The molecule has 0 atom stereocenters. The number of hydrogen-bond acceptors (Lipinski definition) is 4. The van der Waals surface area contributed by atoms with E-state index in [1.54, 1.807) is 24.4 Å². The second kappa shape index (κ2) is 6.63. The van der Waals surface area contributed by atoms with Crippen LogP contribution < -0.4 is 15.6 Å². The van der Waals surface area contributed by atoms with Crippen LogP contribution in [0.25, 0.3) is 5.65 Å². The molecule has 6 nitrogen and oxygen atoms in total. The van der Waals surface area contributed by atoms with Crippen molar-refractivity contribution in [3.05, 3.63) is 70.3 Å². The molecular weight excluding hydrogens is 330 g/mol. The van der Waals surface area contributed by atoms with E-state index in [4.69, 9.17) is 4.74 Å². The average Bonchev–Trinajstić information content (AvgIpc) is 2.61. The minimum atomic E-state index is -0.523. The molecule has 0 saturated carbocycles. The Bertz CT molecular complexity index is 1030. The number of carbonyl (C=O) groups excluding carboxylic acids is 1. The number of fused-ring (bicyclic) bond motifs is 1. The zero-order chi connectivity index (χ0) is 18.9. The van der Waals surface area contributed by atoms with Gasteiger partial charge < -0.3 is 10.1 Å². The van der Waals surface area contributed by atoms with Crippen LogP contribution in [0.3, 0.4) is 0 Å². The van der Waals surface area contributed by atoms with E-state index in [0.29, 0.717) is 17.1 Å². The lowest BCUT2D eigenvalue weighted by atomic mass is 9.87. The van der Waals surface area contributed by atoms with Crippen molar-refractivity contribution in [1.82, 2.24) is 9.38 Å². The van der Waals surface area contributed by atoms with Crippen molar-refractivity contribution in [2.24, 2.45) is 0 Å². The number of nitrogens with zero attached hydrogens (tertiary/aromatic N) is 2. The molecule has 1 aromatic carbocycles. The van der Waals surface area contributed by atoms with Crippen LogP contribution in [0.1, 0.15) is 36.7 Å². The topological polar surface area (TPSA) is 72.7 Å². The number of nitrogens with one attached hydrogen (secondary N) is 1. The van der Waals surface area contributed by atoms with E-state index in [0.717, 1.165) is 5.56 Å². The smallest absolute Gasteiger partial charge is 0.270 e. The van der Waals surface area contributed by atoms with Crippen molar-refractivity contribution in [2.75, 3.05) is 12.4 Å². The predicted molar refractivity (Wildman–Crippen MR) is 101 cm³/mol. The Hall–Kier alpha value is -3.15. The third-order valence-electron chi connectivity index (χ3n) is 4.17. The highest BCUT2D eigenvalue weighted by molar-refractivity contribution is 6.04. The summed E-state index contributed by atoms with van der Waals surface area (Å²) in [4.78, 5) is 29.4. The summed E-state index contributed by atoms with van der Waals surface area (Å²) in [5.74, 6) is 0.00492. The van der Waals surface area contributed by atoms with Gasteiger partial charge in [0.25, 0.3) is 11.5 Å². The summed E-state index contributed by atoms with van der Waals surface area (Å²) in [6.07, 6.45) is 2.88. The Kier molecular flexibility index (Phi) is 4.50. The molecule has 3 rings (SSSR count). The molecule has 6 heteroatoms. The molecule has 0 bridgehead atoms. The van der Waals surface area contributed by atoms with Gasteiger partial charge in [0.1, 0.15) is 17.0 Å². The molecule has 1 N–H and O–H groups in total. The first-order valence-electron chi connectivity index (χ1n) is 8.27. The van der Waals surface area contributed by atoms with E-state index in [-0.39, 0.29) is 11.0 Å². The molecule has 26 heavy (non-hydrogen) atoms. The number of pyridine rings is 1. The Morgan fingerprint density at radius 2 is 1.96 bits per heavy atom. The maximum absolute atomic E-state index is 12.7. The number of amides is 1. The number of carbonyl (C=O) groups is 1. The standard InChI is InChI=1S/C20H21N3O3/c1-20(2,3)13-8-9-16(26-4)15(11-13)22-18(24)14-12-21-17-7-5-6-10-23(17)19(14)25/h5-12H,1-4H3,(H,22,24). The van der Waals surface area contributed by atoms with Gasteiger partial charge in [0.05, 0.1) is 12.8 Å². The SMILES string of the molecule is COc1ccc(C(C)(C)C)cc1NC(=O)c1cnc2ccccn2c1=O. The fourth-order valence-electron chi connectivity index (χ4n) is 2.64. The van der Waals surface area contributed by atoms with Crippen LogP contribution in [0.15, 0.2) is 53.6 Å². The van der Waals surface area contributed by atoms with Gasteiger partial charge in [-0.15, -0.1) is 0 Å². The van der Waals surface area contributed by atoms with Crippen LogP contribution in [0.4, 0.5) is 5.69 Å². The van der Waals surface area contributed by atoms with Crippen LogP contribution in [-0.4, -0.2) is 22.4 Å². The Labute approximate surface area is 151 Å². The Morgan fingerprint density at radius 3 is 2.65 bits per heavy atom. The second-order valence-electron chi connectivity index (χ2n) is 7.03. The van der Waals surface area contributed by atoms with Crippen molar-refractivity contribution in [3.63, 3.8) is 0 Å². The predicted octanol–water partition coefficient (Wildman–Crippen LogP) is 3.25. The Morgan fingerprint density at radius 1 is 1.19 bits per heavy atom. The second-order valence-corrected chi connectivity index (χ2v) is 7.03. The van der Waals surface area contributed by atoms with Crippen LogP contribution in [0.5, 0.6) is 5.75 Å². The van der Waals surface area contributed by atoms with E-state index in [1.165, 1.54) is 17.7 Å². The first-order valence-corrected chi connectivity index (χ1v) is 8.27. The molecular formula is C20H21N3O3. The molecule has 1 amide bonds. The lowest BCUT2D eigenvalue weighted by molar-refractivity contribution is 0.102. The molecule has 134 valence electrons. The molecule has 2 heterocycles. The molecule has 0 aliphatic heterocycles. The number of hydrogen-bond donors (Lipinski definition) is 1. The molecule has 0 aliphatic rings. The van der Waals surface area contributed by atoms with Crippen molar-refractivity contribution in [2.45, 2.75) is 26.2 Å². The summed E-state index contributed by atoms with van der Waals surface area (Å²) in [7, 11) is 1.54. The van der Waals surface area contributed by atoms with E-state index in [2.05, 4.69) is 31.1 Å². The normalized spacial score (nSPS) is 11.4. The Balaban J connectivity index is 2.00. The summed E-state index contributed by atoms with van der Waals surface area (Å²) >= 11 is 0. The minimum absolute atomic E-state index is 0.0306. The third kappa shape index (κ3) is 3.31. The lowest BCUT2D eigenvalue weighted by Gasteiger charge is -2.21. The van der Waals surface area contributed by atoms with Crippen LogP contribution >= 0.6 is 0 Å². The van der Waals surface area contributed by atoms with Crippen molar-refractivity contribution in [3.8, 4) is 5.75 Å². The van der Waals surface area contributed by atoms with Crippen molar-refractivity contribution >= 4 is 17.2 Å². The number of rotatable bonds is 3. The highest BCUT2D eigenvalue weighted by atomic mass is 16.5. The highest BCUT2D eigenvalue weighted by Crippen LogP contribution is 2.31. The molecule has 0 saturated heterocycles. The van der Waals surface area contributed by atoms with Gasteiger partial charge in [-0.25, -0.2) is 4.98 Å². The zero-order valence-corrected chi connectivity index (χ0v) is 15.2. The van der Waals surface area contributed by atoms with Gasteiger partial charge in [-0.2, -0.15) is 0 Å². The fourth-order valence-corrected chi connectivity index (χ4v) is 2.64.